The average molecular weight is 297 g/mol. The maximum Gasteiger partial charge on any atom is 0.158 e. The summed E-state index contributed by atoms with van der Waals surface area (Å²) in [6, 6.07) is 9.97. The highest BCUT2D eigenvalue weighted by Crippen LogP contribution is 2.23. The van der Waals surface area contributed by atoms with Gasteiger partial charge in [0.25, 0.3) is 0 Å². The summed E-state index contributed by atoms with van der Waals surface area (Å²) in [5, 5.41) is 1.06. The van der Waals surface area contributed by atoms with Crippen LogP contribution in [0.5, 0.6) is 5.75 Å². The highest BCUT2D eigenvalue weighted by Gasteiger charge is 2.08. The van der Waals surface area contributed by atoms with Crippen molar-refractivity contribution in [3.8, 4) is 17.3 Å². The third-order valence-corrected chi connectivity index (χ3v) is 3.45. The Labute approximate surface area is 129 Å². The maximum atomic E-state index is 5.52. The molecule has 0 aliphatic heterocycles. The first-order chi connectivity index (χ1) is 10.8. The van der Waals surface area contributed by atoms with Gasteiger partial charge < -0.3 is 14.0 Å². The van der Waals surface area contributed by atoms with E-state index in [0.29, 0.717) is 13.2 Å². The van der Waals surface area contributed by atoms with Gasteiger partial charge in [-0.3, -0.25) is 0 Å². The van der Waals surface area contributed by atoms with Crippen LogP contribution < -0.4 is 4.74 Å². The van der Waals surface area contributed by atoms with Crippen LogP contribution in [-0.4, -0.2) is 34.9 Å². The lowest BCUT2D eigenvalue weighted by molar-refractivity contribution is 0.187. The van der Waals surface area contributed by atoms with E-state index in [2.05, 4.69) is 11.1 Å². The Kier molecular flexibility index (Phi) is 4.34. The van der Waals surface area contributed by atoms with Crippen LogP contribution in [0.1, 0.15) is 6.92 Å². The lowest BCUT2D eigenvalue weighted by atomic mass is 10.2. The van der Waals surface area contributed by atoms with Gasteiger partial charge >= 0.3 is 0 Å². The number of methoxy groups -OCH3 is 1. The standard InChI is InChI=1S/C17H19N3O2/c1-3-22-14-5-7-15-13(12-14)4-6-16(19-15)17-18-8-9-20(17)10-11-21-2/h4-9,12H,3,10-11H2,1-2H3. The van der Waals surface area contributed by atoms with Crippen LogP contribution in [-0.2, 0) is 11.3 Å². The van der Waals surface area contributed by atoms with Gasteiger partial charge in [-0.25, -0.2) is 9.97 Å². The first-order valence-corrected chi connectivity index (χ1v) is 7.36. The van der Waals surface area contributed by atoms with Gasteiger partial charge in [0.1, 0.15) is 11.4 Å². The van der Waals surface area contributed by atoms with E-state index in [1.807, 2.05) is 42.0 Å². The quantitative estimate of drug-likeness (QED) is 0.701. The smallest absolute Gasteiger partial charge is 0.158 e. The Morgan fingerprint density at radius 2 is 2.09 bits per heavy atom. The number of rotatable bonds is 6. The van der Waals surface area contributed by atoms with Gasteiger partial charge in [-0.1, -0.05) is 6.07 Å². The fraction of sp³-hybridized carbons (Fsp3) is 0.294. The van der Waals surface area contributed by atoms with Crippen molar-refractivity contribution in [2.24, 2.45) is 0 Å². The second-order valence-electron chi connectivity index (χ2n) is 4.92. The molecule has 1 aromatic carbocycles. The normalized spacial score (nSPS) is 11.0. The fourth-order valence-electron chi connectivity index (χ4n) is 2.40. The van der Waals surface area contributed by atoms with Crippen LogP contribution in [0.25, 0.3) is 22.4 Å². The molecule has 0 N–H and O–H groups in total. The number of benzene rings is 1. The molecule has 3 rings (SSSR count). The van der Waals surface area contributed by atoms with Crippen LogP contribution in [0.2, 0.25) is 0 Å². The van der Waals surface area contributed by atoms with Crippen molar-refractivity contribution in [2.45, 2.75) is 13.5 Å². The molecule has 0 aliphatic carbocycles. The number of hydrogen-bond donors (Lipinski definition) is 0. The van der Waals surface area contributed by atoms with E-state index >= 15 is 0 Å². The molecule has 0 fully saturated rings. The monoisotopic (exact) mass is 297 g/mol. The van der Waals surface area contributed by atoms with Gasteiger partial charge in [-0.2, -0.15) is 0 Å². The van der Waals surface area contributed by atoms with Crippen molar-refractivity contribution in [3.63, 3.8) is 0 Å². The third kappa shape index (κ3) is 2.94. The molecule has 0 spiro atoms. The summed E-state index contributed by atoms with van der Waals surface area (Å²) in [7, 11) is 1.70. The van der Waals surface area contributed by atoms with Crippen LogP contribution >= 0.6 is 0 Å². The molecule has 0 saturated carbocycles. The highest BCUT2D eigenvalue weighted by molar-refractivity contribution is 5.82. The Balaban J connectivity index is 1.95. The molecular weight excluding hydrogens is 278 g/mol. The van der Waals surface area contributed by atoms with E-state index in [-0.39, 0.29) is 0 Å². The molecule has 22 heavy (non-hydrogen) atoms. The van der Waals surface area contributed by atoms with E-state index in [0.717, 1.165) is 34.7 Å². The summed E-state index contributed by atoms with van der Waals surface area (Å²) in [5.74, 6) is 1.72. The van der Waals surface area contributed by atoms with E-state index in [1.54, 1.807) is 13.3 Å². The second-order valence-corrected chi connectivity index (χ2v) is 4.92. The van der Waals surface area contributed by atoms with Crippen molar-refractivity contribution in [3.05, 3.63) is 42.7 Å². The summed E-state index contributed by atoms with van der Waals surface area (Å²) in [4.78, 5) is 9.12. The molecule has 0 atom stereocenters. The molecule has 5 nitrogen and oxygen atoms in total. The fourth-order valence-corrected chi connectivity index (χ4v) is 2.40. The van der Waals surface area contributed by atoms with E-state index in [4.69, 9.17) is 14.5 Å². The predicted molar refractivity (Wildman–Crippen MR) is 86.0 cm³/mol. The molecule has 2 aromatic heterocycles. The minimum absolute atomic E-state index is 0.647. The first kappa shape index (κ1) is 14.5. The Hall–Kier alpha value is -2.40. The Morgan fingerprint density at radius 3 is 2.91 bits per heavy atom. The molecule has 0 radical (unpaired) electrons. The SMILES string of the molecule is CCOc1ccc2nc(-c3nccn3CCOC)ccc2c1. The van der Waals surface area contributed by atoms with Crippen LogP contribution in [0, 0.1) is 0 Å². The second kappa shape index (κ2) is 6.58. The minimum Gasteiger partial charge on any atom is -0.494 e. The van der Waals surface area contributed by atoms with Crippen LogP contribution in [0.15, 0.2) is 42.7 Å². The molecule has 0 unspecified atom stereocenters. The Morgan fingerprint density at radius 1 is 1.18 bits per heavy atom. The van der Waals surface area contributed by atoms with Gasteiger partial charge in [0, 0.05) is 31.4 Å². The van der Waals surface area contributed by atoms with Crippen molar-refractivity contribution in [1.82, 2.24) is 14.5 Å². The molecule has 114 valence electrons. The minimum atomic E-state index is 0.647. The average Bonchev–Trinajstić information content (AvgIpc) is 3.01. The van der Waals surface area contributed by atoms with Crippen molar-refractivity contribution >= 4 is 10.9 Å². The van der Waals surface area contributed by atoms with E-state index in [9.17, 15) is 0 Å². The number of ether oxygens (including phenoxy) is 2. The van der Waals surface area contributed by atoms with Crippen LogP contribution in [0.3, 0.4) is 0 Å². The van der Waals surface area contributed by atoms with Gasteiger partial charge in [0.15, 0.2) is 5.82 Å². The highest BCUT2D eigenvalue weighted by atomic mass is 16.5. The predicted octanol–water partition coefficient (Wildman–Crippen LogP) is 3.14. The molecule has 0 aliphatic rings. The molecule has 3 aromatic rings. The summed E-state index contributed by atoms with van der Waals surface area (Å²) in [6.45, 7) is 4.04. The molecule has 0 bridgehead atoms. The van der Waals surface area contributed by atoms with Gasteiger partial charge in [-0.05, 0) is 31.2 Å². The van der Waals surface area contributed by atoms with Gasteiger partial charge in [0.2, 0.25) is 0 Å². The molecule has 5 heteroatoms. The summed E-state index contributed by atoms with van der Waals surface area (Å²) >= 11 is 0. The molecule has 0 saturated heterocycles. The lowest BCUT2D eigenvalue weighted by Gasteiger charge is -2.08. The topological polar surface area (TPSA) is 49.2 Å². The summed E-state index contributed by atoms with van der Waals surface area (Å²) < 4.78 is 12.7. The summed E-state index contributed by atoms with van der Waals surface area (Å²) in [6.07, 6.45) is 3.73. The third-order valence-electron chi connectivity index (χ3n) is 3.45. The van der Waals surface area contributed by atoms with Crippen molar-refractivity contribution in [1.29, 1.82) is 0 Å². The van der Waals surface area contributed by atoms with Gasteiger partial charge in [0.05, 0.1) is 18.7 Å². The van der Waals surface area contributed by atoms with E-state index < -0.39 is 0 Å². The number of aromatic nitrogens is 3. The number of imidazole rings is 1. The van der Waals surface area contributed by atoms with Crippen molar-refractivity contribution < 1.29 is 9.47 Å². The summed E-state index contributed by atoms with van der Waals surface area (Å²) in [5.41, 5.74) is 1.79. The number of hydrogen-bond acceptors (Lipinski definition) is 4. The first-order valence-electron chi connectivity index (χ1n) is 7.36. The largest absolute Gasteiger partial charge is 0.494 e. The zero-order chi connectivity index (χ0) is 15.4. The number of pyridine rings is 1. The van der Waals surface area contributed by atoms with Crippen LogP contribution in [0.4, 0.5) is 0 Å². The zero-order valence-corrected chi connectivity index (χ0v) is 12.8. The molecule has 0 amide bonds. The van der Waals surface area contributed by atoms with Crippen molar-refractivity contribution in [2.75, 3.05) is 20.3 Å². The maximum absolute atomic E-state index is 5.52. The van der Waals surface area contributed by atoms with E-state index in [1.165, 1.54) is 0 Å². The number of fused-ring (bicyclic) bond motifs is 1. The molecular formula is C17H19N3O2. The molecule has 2 heterocycles. The zero-order valence-electron chi connectivity index (χ0n) is 12.8. The number of nitrogens with zero attached hydrogens (tertiary/aromatic N) is 3. The van der Waals surface area contributed by atoms with Gasteiger partial charge in [-0.15, -0.1) is 0 Å². The lowest BCUT2D eigenvalue weighted by Crippen LogP contribution is -2.05. The Bertz CT molecular complexity index is 767.